The van der Waals surface area contributed by atoms with Gasteiger partial charge in [-0.25, -0.2) is 0 Å². The maximum Gasteiger partial charge on any atom is 0.126 e. The maximum atomic E-state index is 10.4. The van der Waals surface area contributed by atoms with Crippen molar-refractivity contribution >= 4 is 15.9 Å². The number of aliphatic hydroxyl groups excluding tert-OH is 1. The van der Waals surface area contributed by atoms with Crippen molar-refractivity contribution in [1.82, 2.24) is 0 Å². The highest BCUT2D eigenvalue weighted by atomic mass is 79.9. The Hall–Kier alpha value is -1.05. The van der Waals surface area contributed by atoms with E-state index in [9.17, 15) is 5.11 Å². The van der Waals surface area contributed by atoms with E-state index in [1.54, 1.807) is 18.2 Å². The van der Waals surface area contributed by atoms with Crippen LogP contribution in [-0.4, -0.2) is 15.5 Å². The molecule has 96 valence electrons. The minimum atomic E-state index is -0.651. The van der Waals surface area contributed by atoms with Crippen LogP contribution >= 0.6 is 15.9 Å². The zero-order valence-corrected chi connectivity index (χ0v) is 12.1. The number of aliphatic hydroxyl groups is 1. The standard InChI is InChI=1S/C14H16BrNO2/c1-3-14(4-2)13(15)12(17)10-7-9(8-16)5-6-11(10)18-14/h5-7,12-13,17H,3-4H2,1-2H3. The van der Waals surface area contributed by atoms with Gasteiger partial charge in [-0.1, -0.05) is 29.8 Å². The molecule has 2 unspecified atom stereocenters. The molecule has 3 nitrogen and oxygen atoms in total. The Balaban J connectivity index is 2.50. The Labute approximate surface area is 116 Å². The molecule has 1 aliphatic heterocycles. The first-order valence-corrected chi connectivity index (χ1v) is 7.04. The Morgan fingerprint density at radius 2 is 2.11 bits per heavy atom. The van der Waals surface area contributed by atoms with Gasteiger partial charge in [0.05, 0.1) is 22.6 Å². The summed E-state index contributed by atoms with van der Waals surface area (Å²) in [6.07, 6.45) is 0.980. The third-order valence-corrected chi connectivity index (χ3v) is 5.08. The van der Waals surface area contributed by atoms with Crippen molar-refractivity contribution in [2.24, 2.45) is 0 Å². The molecule has 0 saturated carbocycles. The third-order valence-electron chi connectivity index (χ3n) is 3.75. The van der Waals surface area contributed by atoms with Gasteiger partial charge in [0.2, 0.25) is 0 Å². The molecular formula is C14H16BrNO2. The van der Waals surface area contributed by atoms with E-state index < -0.39 is 6.10 Å². The summed E-state index contributed by atoms with van der Waals surface area (Å²) in [5.41, 5.74) is 0.839. The zero-order chi connectivity index (χ0) is 13.3. The average Bonchev–Trinajstić information content (AvgIpc) is 2.42. The number of hydrogen-bond acceptors (Lipinski definition) is 3. The van der Waals surface area contributed by atoms with E-state index in [0.717, 1.165) is 12.8 Å². The highest BCUT2D eigenvalue weighted by molar-refractivity contribution is 9.09. The van der Waals surface area contributed by atoms with Gasteiger partial charge in [0.25, 0.3) is 0 Å². The van der Waals surface area contributed by atoms with E-state index in [2.05, 4.69) is 35.8 Å². The van der Waals surface area contributed by atoms with E-state index in [-0.39, 0.29) is 10.4 Å². The second-order valence-electron chi connectivity index (χ2n) is 4.58. The van der Waals surface area contributed by atoms with Crippen LogP contribution in [0.2, 0.25) is 0 Å². The van der Waals surface area contributed by atoms with Crippen LogP contribution in [0.15, 0.2) is 18.2 Å². The third kappa shape index (κ3) is 1.92. The van der Waals surface area contributed by atoms with Gasteiger partial charge in [-0.15, -0.1) is 0 Å². The molecule has 2 rings (SSSR count). The fraction of sp³-hybridized carbons (Fsp3) is 0.500. The highest BCUT2D eigenvalue weighted by Gasteiger charge is 2.46. The number of alkyl halides is 1. The lowest BCUT2D eigenvalue weighted by atomic mass is 9.84. The number of hydrogen-bond donors (Lipinski definition) is 1. The molecule has 0 aromatic heterocycles. The SMILES string of the molecule is CCC1(CC)Oc2ccc(C#N)cc2C(O)C1Br. The number of nitriles is 1. The van der Waals surface area contributed by atoms with Crippen LogP contribution in [0.25, 0.3) is 0 Å². The van der Waals surface area contributed by atoms with Crippen molar-refractivity contribution in [2.75, 3.05) is 0 Å². The van der Waals surface area contributed by atoms with Crippen LogP contribution in [0.3, 0.4) is 0 Å². The maximum absolute atomic E-state index is 10.4. The number of ether oxygens (including phenoxy) is 1. The number of benzene rings is 1. The molecular weight excluding hydrogens is 294 g/mol. The zero-order valence-electron chi connectivity index (χ0n) is 10.5. The van der Waals surface area contributed by atoms with Crippen molar-refractivity contribution in [3.05, 3.63) is 29.3 Å². The Bertz CT molecular complexity index is 491. The monoisotopic (exact) mass is 309 g/mol. The molecule has 1 aromatic carbocycles. The first-order chi connectivity index (χ1) is 8.57. The van der Waals surface area contributed by atoms with E-state index in [1.165, 1.54) is 0 Å². The highest BCUT2D eigenvalue weighted by Crippen LogP contribution is 2.46. The van der Waals surface area contributed by atoms with E-state index >= 15 is 0 Å². The molecule has 0 bridgehead atoms. The molecule has 1 N–H and O–H groups in total. The predicted molar refractivity (Wildman–Crippen MR) is 72.8 cm³/mol. The van der Waals surface area contributed by atoms with Crippen molar-refractivity contribution in [2.45, 2.75) is 43.2 Å². The number of halogens is 1. The summed E-state index contributed by atoms with van der Waals surface area (Å²) in [7, 11) is 0. The lowest BCUT2D eigenvalue weighted by Gasteiger charge is -2.44. The molecule has 1 aliphatic rings. The summed E-state index contributed by atoms with van der Waals surface area (Å²) in [5.74, 6) is 0.681. The lowest BCUT2D eigenvalue weighted by molar-refractivity contribution is -0.00900. The van der Waals surface area contributed by atoms with Crippen LogP contribution in [0.1, 0.15) is 43.9 Å². The van der Waals surface area contributed by atoms with Gasteiger partial charge in [-0.3, -0.25) is 0 Å². The lowest BCUT2D eigenvalue weighted by Crippen LogP contribution is -2.49. The fourth-order valence-corrected chi connectivity index (χ4v) is 3.47. The molecule has 0 spiro atoms. The molecule has 4 heteroatoms. The molecule has 18 heavy (non-hydrogen) atoms. The van der Waals surface area contributed by atoms with Gasteiger partial charge in [0, 0.05) is 5.56 Å². The topological polar surface area (TPSA) is 53.2 Å². The van der Waals surface area contributed by atoms with Crippen LogP contribution in [0.4, 0.5) is 0 Å². The Kier molecular flexibility index (Phi) is 3.65. The summed E-state index contributed by atoms with van der Waals surface area (Å²) in [4.78, 5) is -0.165. The molecule has 2 atom stereocenters. The number of nitrogens with zero attached hydrogens (tertiary/aromatic N) is 1. The number of rotatable bonds is 2. The quantitative estimate of drug-likeness (QED) is 0.853. The van der Waals surface area contributed by atoms with E-state index in [4.69, 9.17) is 10.00 Å². The van der Waals surface area contributed by atoms with Crippen molar-refractivity contribution < 1.29 is 9.84 Å². The van der Waals surface area contributed by atoms with E-state index in [1.807, 2.05) is 0 Å². The molecule has 0 aliphatic carbocycles. The number of fused-ring (bicyclic) bond motifs is 1. The molecule has 1 aromatic rings. The summed E-state index contributed by atoms with van der Waals surface area (Å²) >= 11 is 3.56. The van der Waals surface area contributed by atoms with Gasteiger partial charge in [-0.05, 0) is 31.0 Å². The summed E-state index contributed by atoms with van der Waals surface area (Å²) < 4.78 is 6.08. The second-order valence-corrected chi connectivity index (χ2v) is 5.57. The molecule has 0 amide bonds. The molecule has 0 radical (unpaired) electrons. The fourth-order valence-electron chi connectivity index (χ4n) is 2.45. The van der Waals surface area contributed by atoms with Crippen molar-refractivity contribution in [3.8, 4) is 11.8 Å². The summed E-state index contributed by atoms with van der Waals surface area (Å²) in [6, 6.07) is 7.27. The van der Waals surface area contributed by atoms with Gasteiger partial charge >= 0.3 is 0 Å². The van der Waals surface area contributed by atoms with E-state index in [0.29, 0.717) is 16.9 Å². The van der Waals surface area contributed by atoms with Crippen LogP contribution in [0.5, 0.6) is 5.75 Å². The van der Waals surface area contributed by atoms with Crippen LogP contribution in [0, 0.1) is 11.3 Å². The molecule has 0 saturated heterocycles. The predicted octanol–water partition coefficient (Wildman–Crippen LogP) is 3.31. The smallest absolute Gasteiger partial charge is 0.126 e. The molecule has 1 heterocycles. The first-order valence-electron chi connectivity index (χ1n) is 6.13. The van der Waals surface area contributed by atoms with Gasteiger partial charge in [0.15, 0.2) is 0 Å². The van der Waals surface area contributed by atoms with Gasteiger partial charge < -0.3 is 9.84 Å². The van der Waals surface area contributed by atoms with Crippen LogP contribution in [-0.2, 0) is 0 Å². The van der Waals surface area contributed by atoms with Crippen molar-refractivity contribution in [3.63, 3.8) is 0 Å². The molecule has 0 fully saturated rings. The van der Waals surface area contributed by atoms with Gasteiger partial charge in [0.1, 0.15) is 11.4 Å². The van der Waals surface area contributed by atoms with Gasteiger partial charge in [-0.2, -0.15) is 5.26 Å². The summed E-state index contributed by atoms with van der Waals surface area (Å²) in [6.45, 7) is 4.11. The average molecular weight is 310 g/mol. The normalized spacial score (nSPS) is 24.8. The second kappa shape index (κ2) is 4.91. The first kappa shape index (κ1) is 13.4. The minimum absolute atomic E-state index is 0.165. The van der Waals surface area contributed by atoms with Crippen LogP contribution < -0.4 is 4.74 Å². The Morgan fingerprint density at radius 3 is 2.67 bits per heavy atom. The van der Waals surface area contributed by atoms with Crippen molar-refractivity contribution in [1.29, 1.82) is 5.26 Å². The Morgan fingerprint density at radius 1 is 1.44 bits per heavy atom. The summed E-state index contributed by atoms with van der Waals surface area (Å²) in [5, 5.41) is 19.3. The largest absolute Gasteiger partial charge is 0.486 e. The minimum Gasteiger partial charge on any atom is -0.486 e.